The van der Waals surface area contributed by atoms with Crippen molar-refractivity contribution < 1.29 is 9.84 Å². The maximum Gasteiger partial charge on any atom is 0.122 e. The van der Waals surface area contributed by atoms with Crippen LogP contribution in [0.5, 0.6) is 5.75 Å². The van der Waals surface area contributed by atoms with Crippen LogP contribution in [-0.2, 0) is 6.42 Å². The maximum atomic E-state index is 9.61. The van der Waals surface area contributed by atoms with E-state index < -0.39 is 0 Å². The molecule has 1 aromatic carbocycles. The van der Waals surface area contributed by atoms with E-state index in [4.69, 9.17) is 10.5 Å². The van der Waals surface area contributed by atoms with Gasteiger partial charge in [0.1, 0.15) is 5.75 Å². The van der Waals surface area contributed by atoms with Crippen molar-refractivity contribution in [3.8, 4) is 5.75 Å². The molecule has 0 bridgehead atoms. The fourth-order valence-corrected chi connectivity index (χ4v) is 2.25. The summed E-state index contributed by atoms with van der Waals surface area (Å²) in [6.45, 7) is 2.73. The normalized spacial score (nSPS) is 14.4. The molecule has 0 aromatic heterocycles. The van der Waals surface area contributed by atoms with E-state index in [9.17, 15) is 5.11 Å². The Kier molecular flexibility index (Phi) is 5.45. The smallest absolute Gasteiger partial charge is 0.122 e. The zero-order chi connectivity index (χ0) is 12.7. The monoisotopic (exact) mass is 237 g/mol. The van der Waals surface area contributed by atoms with E-state index in [0.29, 0.717) is 6.54 Å². The predicted octanol–water partition coefficient (Wildman–Crippen LogP) is 1.98. The fourth-order valence-electron chi connectivity index (χ4n) is 2.25. The summed E-state index contributed by atoms with van der Waals surface area (Å²) in [6, 6.07) is 7.92. The highest BCUT2D eigenvalue weighted by Crippen LogP contribution is 2.31. The van der Waals surface area contributed by atoms with Crippen LogP contribution in [0.4, 0.5) is 0 Å². The second-order valence-electron chi connectivity index (χ2n) is 4.60. The summed E-state index contributed by atoms with van der Waals surface area (Å²) < 4.78 is 5.34. The number of benzene rings is 1. The van der Waals surface area contributed by atoms with Gasteiger partial charge in [-0.3, -0.25) is 0 Å². The lowest BCUT2D eigenvalue weighted by Gasteiger charge is -2.30. The first-order valence-corrected chi connectivity index (χ1v) is 6.14. The van der Waals surface area contributed by atoms with Gasteiger partial charge in [-0.1, -0.05) is 31.5 Å². The molecular formula is C14H23NO2. The third kappa shape index (κ3) is 3.45. The highest BCUT2D eigenvalue weighted by molar-refractivity contribution is 5.34. The molecular weight excluding hydrogens is 214 g/mol. The van der Waals surface area contributed by atoms with Crippen molar-refractivity contribution >= 4 is 0 Å². The highest BCUT2D eigenvalue weighted by atomic mass is 16.5. The van der Waals surface area contributed by atoms with Crippen molar-refractivity contribution in [2.45, 2.75) is 26.2 Å². The number of aliphatic hydroxyl groups excluding tert-OH is 1. The molecule has 0 radical (unpaired) electrons. The van der Waals surface area contributed by atoms with Crippen LogP contribution in [-0.4, -0.2) is 25.4 Å². The zero-order valence-corrected chi connectivity index (χ0v) is 10.8. The Balaban J connectivity index is 2.92. The molecule has 0 saturated heterocycles. The molecule has 0 aliphatic carbocycles. The number of para-hydroxylation sites is 1. The van der Waals surface area contributed by atoms with Gasteiger partial charge in [0.15, 0.2) is 0 Å². The van der Waals surface area contributed by atoms with Gasteiger partial charge in [-0.05, 0) is 24.5 Å². The number of rotatable bonds is 7. The van der Waals surface area contributed by atoms with E-state index >= 15 is 0 Å². The van der Waals surface area contributed by atoms with E-state index in [0.717, 1.165) is 30.6 Å². The number of ether oxygens (including phenoxy) is 1. The molecule has 1 atom stereocenters. The molecule has 0 aliphatic rings. The van der Waals surface area contributed by atoms with Crippen molar-refractivity contribution in [1.29, 1.82) is 0 Å². The minimum absolute atomic E-state index is 0.120. The molecule has 3 heteroatoms. The van der Waals surface area contributed by atoms with Crippen LogP contribution < -0.4 is 10.5 Å². The molecule has 0 fully saturated rings. The molecule has 1 unspecified atom stereocenters. The van der Waals surface area contributed by atoms with Gasteiger partial charge < -0.3 is 15.6 Å². The van der Waals surface area contributed by atoms with Crippen LogP contribution in [0.1, 0.15) is 25.3 Å². The standard InChI is InChI=1S/C14H23NO2/c1-3-8-14(10-15,11-16)9-12-6-4-5-7-13(12)17-2/h4-7,16H,3,8-11,15H2,1-2H3. The molecule has 0 saturated carbocycles. The number of methoxy groups -OCH3 is 1. The minimum atomic E-state index is -0.219. The third-order valence-electron chi connectivity index (χ3n) is 3.31. The molecule has 0 amide bonds. The number of hydrogen-bond acceptors (Lipinski definition) is 3. The van der Waals surface area contributed by atoms with Crippen molar-refractivity contribution in [3.63, 3.8) is 0 Å². The average Bonchev–Trinajstić information content (AvgIpc) is 2.38. The molecule has 3 nitrogen and oxygen atoms in total. The number of hydrogen-bond donors (Lipinski definition) is 2. The summed E-state index contributed by atoms with van der Waals surface area (Å²) in [5, 5.41) is 9.61. The minimum Gasteiger partial charge on any atom is -0.496 e. The quantitative estimate of drug-likeness (QED) is 0.762. The van der Waals surface area contributed by atoms with Gasteiger partial charge in [0.2, 0.25) is 0 Å². The summed E-state index contributed by atoms with van der Waals surface area (Å²) >= 11 is 0. The van der Waals surface area contributed by atoms with Gasteiger partial charge in [-0.25, -0.2) is 0 Å². The fraction of sp³-hybridized carbons (Fsp3) is 0.571. The van der Waals surface area contributed by atoms with Gasteiger partial charge in [0.05, 0.1) is 13.7 Å². The Morgan fingerprint density at radius 3 is 2.59 bits per heavy atom. The van der Waals surface area contributed by atoms with Gasteiger partial charge in [-0.15, -0.1) is 0 Å². The summed E-state index contributed by atoms with van der Waals surface area (Å²) in [5.41, 5.74) is 6.74. The zero-order valence-electron chi connectivity index (χ0n) is 10.8. The molecule has 0 spiro atoms. The Bertz CT molecular complexity index is 335. The Labute approximate surface area is 104 Å². The Morgan fingerprint density at radius 1 is 1.35 bits per heavy atom. The molecule has 0 heterocycles. The Morgan fingerprint density at radius 2 is 2.06 bits per heavy atom. The van der Waals surface area contributed by atoms with Gasteiger partial charge in [0.25, 0.3) is 0 Å². The molecule has 1 rings (SSSR count). The first-order valence-electron chi connectivity index (χ1n) is 6.14. The lowest BCUT2D eigenvalue weighted by Crippen LogP contribution is -2.36. The van der Waals surface area contributed by atoms with Gasteiger partial charge in [-0.2, -0.15) is 0 Å². The topological polar surface area (TPSA) is 55.5 Å². The second kappa shape index (κ2) is 6.62. The van der Waals surface area contributed by atoms with Gasteiger partial charge in [0, 0.05) is 12.0 Å². The second-order valence-corrected chi connectivity index (χ2v) is 4.60. The summed E-state index contributed by atoms with van der Waals surface area (Å²) in [7, 11) is 1.67. The van der Waals surface area contributed by atoms with Crippen LogP contribution in [0.25, 0.3) is 0 Å². The molecule has 17 heavy (non-hydrogen) atoms. The van der Waals surface area contributed by atoms with Crippen molar-refractivity contribution in [2.75, 3.05) is 20.3 Å². The van der Waals surface area contributed by atoms with Crippen LogP contribution in [0, 0.1) is 5.41 Å². The first kappa shape index (κ1) is 14.0. The SMILES string of the molecule is CCCC(CN)(CO)Cc1ccccc1OC. The van der Waals surface area contributed by atoms with Crippen LogP contribution in [0.3, 0.4) is 0 Å². The third-order valence-corrected chi connectivity index (χ3v) is 3.31. The highest BCUT2D eigenvalue weighted by Gasteiger charge is 2.28. The molecule has 1 aromatic rings. The van der Waals surface area contributed by atoms with Crippen LogP contribution in [0.15, 0.2) is 24.3 Å². The summed E-state index contributed by atoms with van der Waals surface area (Å²) in [4.78, 5) is 0. The molecule has 0 aliphatic heterocycles. The van der Waals surface area contributed by atoms with Crippen molar-refractivity contribution in [3.05, 3.63) is 29.8 Å². The van der Waals surface area contributed by atoms with Crippen molar-refractivity contribution in [2.24, 2.45) is 11.1 Å². The molecule has 3 N–H and O–H groups in total. The van der Waals surface area contributed by atoms with E-state index in [2.05, 4.69) is 6.92 Å². The van der Waals surface area contributed by atoms with Crippen molar-refractivity contribution in [1.82, 2.24) is 0 Å². The molecule has 96 valence electrons. The lowest BCUT2D eigenvalue weighted by molar-refractivity contribution is 0.120. The lowest BCUT2D eigenvalue weighted by atomic mass is 9.78. The maximum absolute atomic E-state index is 9.61. The number of nitrogens with two attached hydrogens (primary N) is 1. The predicted molar refractivity (Wildman–Crippen MR) is 70.2 cm³/mol. The average molecular weight is 237 g/mol. The summed E-state index contributed by atoms with van der Waals surface area (Å²) in [6.07, 6.45) is 2.71. The van der Waals surface area contributed by atoms with E-state index in [1.165, 1.54) is 0 Å². The first-order chi connectivity index (χ1) is 8.21. The van der Waals surface area contributed by atoms with Crippen LogP contribution >= 0.6 is 0 Å². The van der Waals surface area contributed by atoms with E-state index in [1.807, 2.05) is 24.3 Å². The van der Waals surface area contributed by atoms with Gasteiger partial charge >= 0.3 is 0 Å². The Hall–Kier alpha value is -1.06. The number of aliphatic hydroxyl groups is 1. The van der Waals surface area contributed by atoms with E-state index in [1.54, 1.807) is 7.11 Å². The largest absolute Gasteiger partial charge is 0.496 e. The summed E-state index contributed by atoms with van der Waals surface area (Å²) in [5.74, 6) is 0.870. The van der Waals surface area contributed by atoms with Crippen LogP contribution in [0.2, 0.25) is 0 Å². The van der Waals surface area contributed by atoms with E-state index in [-0.39, 0.29) is 12.0 Å².